The lowest BCUT2D eigenvalue weighted by Gasteiger charge is -2.46. The molecule has 0 saturated carbocycles. The van der Waals surface area contributed by atoms with E-state index in [0.29, 0.717) is 23.3 Å². The van der Waals surface area contributed by atoms with Crippen molar-refractivity contribution in [2.75, 3.05) is 6.54 Å². The highest BCUT2D eigenvalue weighted by molar-refractivity contribution is 5.81. The lowest BCUT2D eigenvalue weighted by molar-refractivity contribution is -0.173. The number of para-hydroxylation sites is 1. The molecule has 1 aliphatic heterocycles. The summed E-state index contributed by atoms with van der Waals surface area (Å²) < 4.78 is 12.0. The van der Waals surface area contributed by atoms with Crippen LogP contribution in [0.3, 0.4) is 0 Å². The Balaban J connectivity index is 2.03. The summed E-state index contributed by atoms with van der Waals surface area (Å²) >= 11 is 0. The Hall–Kier alpha value is -2.90. The first kappa shape index (κ1) is 22.8. The first-order chi connectivity index (χ1) is 14.3. The van der Waals surface area contributed by atoms with Crippen LogP contribution in [0.5, 0.6) is 5.75 Å². The van der Waals surface area contributed by atoms with E-state index in [-0.39, 0.29) is 18.7 Å². The molecule has 1 fully saturated rings. The fourth-order valence-corrected chi connectivity index (χ4v) is 3.84. The number of benzene rings is 1. The van der Waals surface area contributed by atoms with Crippen LogP contribution in [0.2, 0.25) is 0 Å². The predicted octanol–water partition coefficient (Wildman–Crippen LogP) is 3.97. The predicted molar refractivity (Wildman–Crippen MR) is 114 cm³/mol. The van der Waals surface area contributed by atoms with E-state index in [4.69, 9.17) is 9.47 Å². The molecular formula is C22H30N4O5. The standard InChI is InChI=1S/C22H30N4O5/c1-20(2,3)30-19(29)26-11-10-22(31-21(4,5)6,12-16(26)23-13-27)18-24-14-8-7-9-15(28)17(14)25-18/h7-9,16,28H,10-12H2,1-6H3,(H,24,25). The highest BCUT2D eigenvalue weighted by Crippen LogP contribution is 2.43. The van der Waals surface area contributed by atoms with E-state index in [1.54, 1.807) is 39.0 Å². The Morgan fingerprint density at radius 1 is 1.29 bits per heavy atom. The minimum atomic E-state index is -0.965. The molecule has 0 radical (unpaired) electrons. The number of isocyanates is 1. The van der Waals surface area contributed by atoms with Gasteiger partial charge in [-0.1, -0.05) is 6.07 Å². The zero-order valence-corrected chi connectivity index (χ0v) is 18.9. The Morgan fingerprint density at radius 3 is 2.58 bits per heavy atom. The molecule has 9 heteroatoms. The van der Waals surface area contributed by atoms with Gasteiger partial charge in [0.1, 0.15) is 34.5 Å². The number of aliphatic imine (C=N–C) groups is 1. The van der Waals surface area contributed by atoms with E-state index >= 15 is 0 Å². The highest BCUT2D eigenvalue weighted by Gasteiger charge is 2.48. The SMILES string of the molecule is CC(C)(C)OC(=O)N1CCC(OC(C)(C)C)(c2nc3c(O)cccc3[nH]2)CC1N=C=O. The second-order valence-electron chi connectivity index (χ2n) is 9.80. The fourth-order valence-electron chi connectivity index (χ4n) is 3.84. The van der Waals surface area contributed by atoms with Crippen LogP contribution in [-0.2, 0) is 19.9 Å². The molecule has 1 saturated heterocycles. The number of aromatic nitrogens is 2. The van der Waals surface area contributed by atoms with Crippen LogP contribution in [0.1, 0.15) is 60.2 Å². The number of nitrogens with one attached hydrogen (secondary N) is 1. The topological polar surface area (TPSA) is 117 Å². The molecule has 0 bridgehead atoms. The smallest absolute Gasteiger partial charge is 0.412 e. The maximum atomic E-state index is 12.7. The lowest BCUT2D eigenvalue weighted by atomic mass is 9.87. The summed E-state index contributed by atoms with van der Waals surface area (Å²) in [5, 5.41) is 10.2. The summed E-state index contributed by atoms with van der Waals surface area (Å²) in [6.07, 6.45) is 0.769. The number of piperidine rings is 1. The van der Waals surface area contributed by atoms with Crippen molar-refractivity contribution in [2.45, 2.75) is 77.4 Å². The average Bonchev–Trinajstić information content (AvgIpc) is 3.06. The molecule has 1 amide bonds. The van der Waals surface area contributed by atoms with Crippen molar-refractivity contribution >= 4 is 23.2 Å². The Labute approximate surface area is 181 Å². The summed E-state index contributed by atoms with van der Waals surface area (Å²) in [4.78, 5) is 37.1. The van der Waals surface area contributed by atoms with E-state index < -0.39 is 29.1 Å². The van der Waals surface area contributed by atoms with Gasteiger partial charge < -0.3 is 19.6 Å². The van der Waals surface area contributed by atoms with Gasteiger partial charge in [0, 0.05) is 19.4 Å². The maximum Gasteiger partial charge on any atom is 0.412 e. The van der Waals surface area contributed by atoms with Gasteiger partial charge in [-0.2, -0.15) is 4.99 Å². The number of aromatic hydroxyl groups is 1. The van der Waals surface area contributed by atoms with Crippen LogP contribution in [0.4, 0.5) is 4.79 Å². The largest absolute Gasteiger partial charge is 0.506 e. The fraction of sp³-hybridized carbons (Fsp3) is 0.591. The van der Waals surface area contributed by atoms with Crippen molar-refractivity contribution in [3.05, 3.63) is 24.0 Å². The van der Waals surface area contributed by atoms with Gasteiger partial charge in [0.25, 0.3) is 0 Å². The molecule has 1 aliphatic rings. The maximum absolute atomic E-state index is 12.7. The number of H-pyrrole nitrogens is 1. The Bertz CT molecular complexity index is 1010. The second kappa shape index (κ2) is 7.98. The number of likely N-dealkylation sites (tertiary alicyclic amines) is 1. The number of rotatable bonds is 3. The summed E-state index contributed by atoms with van der Waals surface area (Å²) in [6.45, 7) is 11.3. The number of carbonyl (C=O) groups excluding carboxylic acids is 2. The van der Waals surface area contributed by atoms with Crippen molar-refractivity contribution < 1.29 is 24.2 Å². The molecule has 3 rings (SSSR count). The van der Waals surface area contributed by atoms with E-state index in [1.165, 1.54) is 4.90 Å². The van der Waals surface area contributed by atoms with Crippen LogP contribution in [0, 0.1) is 0 Å². The van der Waals surface area contributed by atoms with Crippen LogP contribution in [0.25, 0.3) is 11.0 Å². The van der Waals surface area contributed by atoms with E-state index in [2.05, 4.69) is 15.0 Å². The molecule has 31 heavy (non-hydrogen) atoms. The Kier molecular flexibility index (Phi) is 5.86. The van der Waals surface area contributed by atoms with Crippen molar-refractivity contribution in [1.29, 1.82) is 0 Å². The molecule has 0 aliphatic carbocycles. The minimum absolute atomic E-state index is 0.0551. The minimum Gasteiger partial charge on any atom is -0.506 e. The molecule has 1 aromatic heterocycles. The first-order valence-electron chi connectivity index (χ1n) is 10.3. The molecule has 168 valence electrons. The van der Waals surface area contributed by atoms with E-state index in [9.17, 15) is 14.7 Å². The summed E-state index contributed by atoms with van der Waals surface area (Å²) in [5.74, 6) is 0.563. The zero-order valence-electron chi connectivity index (χ0n) is 18.9. The summed E-state index contributed by atoms with van der Waals surface area (Å²) in [7, 11) is 0. The van der Waals surface area contributed by atoms with Gasteiger partial charge in [-0.05, 0) is 53.7 Å². The van der Waals surface area contributed by atoms with Crippen LogP contribution >= 0.6 is 0 Å². The van der Waals surface area contributed by atoms with Crippen molar-refractivity contribution in [3.8, 4) is 5.75 Å². The summed E-state index contributed by atoms with van der Waals surface area (Å²) in [5.41, 5.74) is -1.10. The molecule has 2 aromatic rings. The Morgan fingerprint density at radius 2 is 2.00 bits per heavy atom. The van der Waals surface area contributed by atoms with E-state index in [1.807, 2.05) is 26.8 Å². The zero-order chi connectivity index (χ0) is 23.0. The van der Waals surface area contributed by atoms with Gasteiger partial charge in [-0.25, -0.2) is 14.6 Å². The molecular weight excluding hydrogens is 400 g/mol. The van der Waals surface area contributed by atoms with Gasteiger partial charge >= 0.3 is 6.09 Å². The molecule has 1 aromatic carbocycles. The van der Waals surface area contributed by atoms with Gasteiger partial charge in [0.05, 0.1) is 11.1 Å². The third-order valence-corrected chi connectivity index (χ3v) is 4.88. The number of ether oxygens (including phenoxy) is 2. The van der Waals surface area contributed by atoms with Crippen LogP contribution in [0.15, 0.2) is 23.2 Å². The van der Waals surface area contributed by atoms with Crippen molar-refractivity contribution in [2.24, 2.45) is 4.99 Å². The third-order valence-electron chi connectivity index (χ3n) is 4.88. The van der Waals surface area contributed by atoms with E-state index in [0.717, 1.165) is 0 Å². The van der Waals surface area contributed by atoms with Crippen molar-refractivity contribution in [3.63, 3.8) is 0 Å². The van der Waals surface area contributed by atoms with Crippen LogP contribution < -0.4 is 0 Å². The number of hydrogen-bond acceptors (Lipinski definition) is 7. The van der Waals surface area contributed by atoms with Gasteiger partial charge in [0.2, 0.25) is 6.08 Å². The number of aromatic amines is 1. The van der Waals surface area contributed by atoms with Crippen molar-refractivity contribution in [1.82, 2.24) is 14.9 Å². The normalized spacial score (nSPS) is 22.3. The number of nitrogens with zero attached hydrogens (tertiary/aromatic N) is 3. The average molecular weight is 431 g/mol. The third kappa shape index (κ3) is 5.06. The quantitative estimate of drug-likeness (QED) is 0.562. The van der Waals surface area contributed by atoms with Crippen LogP contribution in [-0.4, -0.2) is 56.1 Å². The molecule has 2 heterocycles. The van der Waals surface area contributed by atoms with Gasteiger partial charge in [-0.15, -0.1) is 0 Å². The number of fused-ring (bicyclic) bond motifs is 1. The van der Waals surface area contributed by atoms with Gasteiger partial charge in [0.15, 0.2) is 0 Å². The molecule has 9 nitrogen and oxygen atoms in total. The molecule has 2 N–H and O–H groups in total. The molecule has 0 spiro atoms. The monoisotopic (exact) mass is 430 g/mol. The molecule has 2 atom stereocenters. The van der Waals surface area contributed by atoms with Gasteiger partial charge in [-0.3, -0.25) is 4.90 Å². The second-order valence-corrected chi connectivity index (χ2v) is 9.80. The lowest BCUT2D eigenvalue weighted by Crippen LogP contribution is -2.54. The number of hydrogen-bond donors (Lipinski definition) is 2. The highest BCUT2D eigenvalue weighted by atomic mass is 16.6. The number of carbonyl (C=O) groups is 1. The number of phenolic OH excluding ortho intramolecular Hbond substituents is 1. The number of amides is 1. The summed E-state index contributed by atoms with van der Waals surface area (Å²) in [6, 6.07) is 5.10. The number of imidazole rings is 1. The molecule has 2 unspecified atom stereocenters. The first-order valence-corrected chi connectivity index (χ1v) is 10.3. The number of phenols is 1.